The van der Waals surface area contributed by atoms with Crippen molar-refractivity contribution < 1.29 is 12.8 Å². The zero-order chi connectivity index (χ0) is 21.7. The Balaban J connectivity index is 1.61. The number of hydrogen-bond donors (Lipinski definition) is 1. The fraction of sp³-hybridized carbons (Fsp3) is 0.333. The van der Waals surface area contributed by atoms with Crippen LogP contribution in [0.5, 0.6) is 0 Å². The van der Waals surface area contributed by atoms with Crippen LogP contribution in [0.4, 0.5) is 0 Å². The summed E-state index contributed by atoms with van der Waals surface area (Å²) in [6.07, 6.45) is 6.28. The molecule has 0 spiro atoms. The predicted octanol–water partition coefficient (Wildman–Crippen LogP) is 5.40. The maximum absolute atomic E-state index is 12.9. The third-order valence-electron chi connectivity index (χ3n) is 5.89. The second-order valence-electron chi connectivity index (χ2n) is 7.92. The van der Waals surface area contributed by atoms with E-state index in [1.807, 2.05) is 30.3 Å². The molecular weight excluding hydrogens is 432 g/mol. The molecule has 0 radical (unpaired) electrons. The molecule has 0 unspecified atom stereocenters. The van der Waals surface area contributed by atoms with Crippen LogP contribution in [0.1, 0.15) is 43.0 Å². The maximum atomic E-state index is 12.9. The van der Waals surface area contributed by atoms with E-state index in [-0.39, 0.29) is 17.5 Å². The van der Waals surface area contributed by atoms with Gasteiger partial charge in [-0.1, -0.05) is 54.8 Å². The highest BCUT2D eigenvalue weighted by molar-refractivity contribution is 7.89. The lowest BCUT2D eigenvalue weighted by Gasteiger charge is -2.36. The molecule has 1 fully saturated rings. The predicted molar refractivity (Wildman–Crippen MR) is 122 cm³/mol. The first-order valence-electron chi connectivity index (χ1n) is 10.6. The van der Waals surface area contributed by atoms with Gasteiger partial charge in [0.2, 0.25) is 10.0 Å². The molecule has 1 aromatic heterocycles. The van der Waals surface area contributed by atoms with Gasteiger partial charge in [-0.05, 0) is 54.8 Å². The largest absolute Gasteiger partial charge is 0.468 e. The number of nitrogens with zero attached hydrogens (tertiary/aromatic N) is 1. The van der Waals surface area contributed by atoms with Crippen molar-refractivity contribution in [1.29, 1.82) is 0 Å². The van der Waals surface area contributed by atoms with Crippen LogP contribution in [0.2, 0.25) is 5.02 Å². The van der Waals surface area contributed by atoms with Crippen molar-refractivity contribution in [2.45, 2.75) is 49.2 Å². The van der Waals surface area contributed by atoms with Gasteiger partial charge in [-0.15, -0.1) is 0 Å². The van der Waals surface area contributed by atoms with Gasteiger partial charge in [-0.3, -0.25) is 4.90 Å². The lowest BCUT2D eigenvalue weighted by atomic mass is 10.0. The molecule has 0 bridgehead atoms. The molecule has 1 aliphatic rings. The Morgan fingerprint density at radius 3 is 2.35 bits per heavy atom. The van der Waals surface area contributed by atoms with E-state index in [0.717, 1.165) is 24.2 Å². The Kier molecular flexibility index (Phi) is 7.13. The lowest BCUT2D eigenvalue weighted by Crippen LogP contribution is -2.42. The quantitative estimate of drug-likeness (QED) is 0.466. The van der Waals surface area contributed by atoms with E-state index in [2.05, 4.69) is 21.8 Å². The van der Waals surface area contributed by atoms with Crippen LogP contribution in [0.15, 0.2) is 82.3 Å². The minimum absolute atomic E-state index is 0.114. The van der Waals surface area contributed by atoms with E-state index >= 15 is 0 Å². The van der Waals surface area contributed by atoms with Gasteiger partial charge >= 0.3 is 0 Å². The number of sulfonamides is 1. The van der Waals surface area contributed by atoms with Gasteiger partial charge in [-0.25, -0.2) is 13.1 Å². The van der Waals surface area contributed by atoms with Crippen molar-refractivity contribution in [3.63, 3.8) is 0 Å². The lowest BCUT2D eigenvalue weighted by molar-refractivity contribution is 0.117. The van der Waals surface area contributed by atoms with Gasteiger partial charge in [-0.2, -0.15) is 0 Å². The monoisotopic (exact) mass is 458 g/mol. The van der Waals surface area contributed by atoms with Crippen molar-refractivity contribution in [3.8, 4) is 0 Å². The standard InChI is InChI=1S/C24H27ClN2O3S/c25-20-12-14-23(15-13-20)31(28,29)26-17-24(19-7-2-1-3-8-19)27(21-9-4-5-10-21)18-22-11-6-16-30-22/h1-3,6-8,11-16,21,24,26H,4-5,9-10,17-18H2/t24-/m1/s1. The molecule has 0 amide bonds. The van der Waals surface area contributed by atoms with Gasteiger partial charge < -0.3 is 4.42 Å². The zero-order valence-corrected chi connectivity index (χ0v) is 18.9. The first-order chi connectivity index (χ1) is 15.0. The molecule has 5 nitrogen and oxygen atoms in total. The van der Waals surface area contributed by atoms with E-state index in [4.69, 9.17) is 16.0 Å². The molecule has 1 aliphatic carbocycles. The third-order valence-corrected chi connectivity index (χ3v) is 7.58. The minimum atomic E-state index is -3.66. The summed E-state index contributed by atoms with van der Waals surface area (Å²) in [5, 5.41) is 0.506. The maximum Gasteiger partial charge on any atom is 0.240 e. The van der Waals surface area contributed by atoms with Crippen molar-refractivity contribution in [3.05, 3.63) is 89.3 Å². The van der Waals surface area contributed by atoms with E-state index in [0.29, 0.717) is 17.6 Å². The zero-order valence-electron chi connectivity index (χ0n) is 17.3. The molecule has 0 aliphatic heterocycles. The number of hydrogen-bond acceptors (Lipinski definition) is 4. The van der Waals surface area contributed by atoms with E-state index in [1.54, 1.807) is 18.4 Å². The van der Waals surface area contributed by atoms with Crippen molar-refractivity contribution in [1.82, 2.24) is 9.62 Å². The molecule has 2 aromatic carbocycles. The highest BCUT2D eigenvalue weighted by atomic mass is 35.5. The molecular formula is C24H27ClN2O3S. The fourth-order valence-electron chi connectivity index (χ4n) is 4.30. The van der Waals surface area contributed by atoms with E-state index in [1.165, 1.54) is 25.0 Å². The van der Waals surface area contributed by atoms with Crippen LogP contribution in [0.25, 0.3) is 0 Å². The topological polar surface area (TPSA) is 62.6 Å². The van der Waals surface area contributed by atoms with Crippen molar-refractivity contribution >= 4 is 21.6 Å². The van der Waals surface area contributed by atoms with Gasteiger partial charge in [0.1, 0.15) is 5.76 Å². The summed E-state index contributed by atoms with van der Waals surface area (Å²) in [6, 6.07) is 20.5. The Morgan fingerprint density at radius 1 is 1.00 bits per heavy atom. The molecule has 7 heteroatoms. The number of halogens is 1. The summed E-state index contributed by atoms with van der Waals surface area (Å²) in [6.45, 7) is 0.909. The summed E-state index contributed by atoms with van der Waals surface area (Å²) in [4.78, 5) is 2.60. The molecule has 4 rings (SSSR count). The molecule has 0 saturated heterocycles. The van der Waals surface area contributed by atoms with Crippen LogP contribution in [-0.2, 0) is 16.6 Å². The highest BCUT2D eigenvalue weighted by Crippen LogP contribution is 2.33. The van der Waals surface area contributed by atoms with Crippen molar-refractivity contribution in [2.75, 3.05) is 6.54 Å². The Morgan fingerprint density at radius 2 is 1.71 bits per heavy atom. The van der Waals surface area contributed by atoms with Crippen LogP contribution in [0, 0.1) is 0 Å². The van der Waals surface area contributed by atoms with Gasteiger partial charge in [0.25, 0.3) is 0 Å². The number of benzene rings is 2. The number of rotatable bonds is 9. The minimum Gasteiger partial charge on any atom is -0.468 e. The summed E-state index contributed by atoms with van der Waals surface area (Å²) in [5.74, 6) is 0.883. The van der Waals surface area contributed by atoms with Crippen LogP contribution < -0.4 is 4.72 Å². The van der Waals surface area contributed by atoms with Crippen LogP contribution in [0.3, 0.4) is 0 Å². The normalized spacial score (nSPS) is 16.1. The molecule has 1 saturated carbocycles. The van der Waals surface area contributed by atoms with Crippen LogP contribution >= 0.6 is 11.6 Å². The molecule has 1 heterocycles. The second kappa shape index (κ2) is 10.0. The SMILES string of the molecule is O=S(=O)(NC[C@H](c1ccccc1)N(Cc1ccco1)C1CCCC1)c1ccc(Cl)cc1. The molecule has 1 N–H and O–H groups in total. The Hall–Kier alpha value is -2.12. The van der Waals surface area contributed by atoms with E-state index in [9.17, 15) is 8.42 Å². The fourth-order valence-corrected chi connectivity index (χ4v) is 5.46. The highest BCUT2D eigenvalue weighted by Gasteiger charge is 2.31. The molecule has 31 heavy (non-hydrogen) atoms. The first-order valence-corrected chi connectivity index (χ1v) is 12.5. The number of furan rings is 1. The molecule has 3 aromatic rings. The smallest absolute Gasteiger partial charge is 0.240 e. The van der Waals surface area contributed by atoms with E-state index < -0.39 is 10.0 Å². The average Bonchev–Trinajstić information content (AvgIpc) is 3.48. The second-order valence-corrected chi connectivity index (χ2v) is 10.1. The summed E-state index contributed by atoms with van der Waals surface area (Å²) in [5.41, 5.74) is 1.08. The third kappa shape index (κ3) is 5.57. The summed E-state index contributed by atoms with van der Waals surface area (Å²) >= 11 is 5.92. The van der Waals surface area contributed by atoms with Crippen LogP contribution in [-0.4, -0.2) is 25.9 Å². The van der Waals surface area contributed by atoms with Gasteiger partial charge in [0, 0.05) is 23.7 Å². The number of nitrogens with one attached hydrogen (secondary N) is 1. The average molecular weight is 459 g/mol. The summed E-state index contributed by atoms with van der Waals surface area (Å²) in [7, 11) is -3.66. The molecule has 164 valence electrons. The van der Waals surface area contributed by atoms with Crippen molar-refractivity contribution in [2.24, 2.45) is 0 Å². The van der Waals surface area contributed by atoms with Gasteiger partial charge in [0.15, 0.2) is 0 Å². The van der Waals surface area contributed by atoms with Gasteiger partial charge in [0.05, 0.1) is 17.7 Å². The Labute approximate surface area is 189 Å². The molecule has 1 atom stereocenters. The summed E-state index contributed by atoms with van der Waals surface area (Å²) < 4.78 is 34.4. The Bertz CT molecular complexity index is 1050. The first kappa shape index (κ1) is 22.1.